The van der Waals surface area contributed by atoms with E-state index in [1.807, 2.05) is 0 Å². The van der Waals surface area contributed by atoms with Gasteiger partial charge in [-0.15, -0.1) is 0 Å². The first-order valence-corrected chi connectivity index (χ1v) is 8.86. The Morgan fingerprint density at radius 3 is 2.26 bits per heavy atom. The van der Waals surface area contributed by atoms with E-state index < -0.39 is 6.10 Å². The summed E-state index contributed by atoms with van der Waals surface area (Å²) in [5.74, 6) is 1.37. The molecule has 0 heterocycles. The van der Waals surface area contributed by atoms with E-state index in [2.05, 4.69) is 26.1 Å². The molecule has 1 N–H and O–H groups in total. The maximum Gasteiger partial charge on any atom is 0.260 e. The van der Waals surface area contributed by atoms with Crippen molar-refractivity contribution in [3.63, 3.8) is 0 Å². The second kappa shape index (κ2) is 7.57. The highest BCUT2D eigenvalue weighted by Crippen LogP contribution is 2.37. The maximum absolute atomic E-state index is 12.3. The van der Waals surface area contributed by atoms with Crippen LogP contribution in [0.1, 0.15) is 53.4 Å². The van der Waals surface area contributed by atoms with Crippen molar-refractivity contribution in [1.82, 2.24) is 5.32 Å². The minimum Gasteiger partial charge on any atom is -0.481 e. The second-order valence-electron chi connectivity index (χ2n) is 7.64. The summed E-state index contributed by atoms with van der Waals surface area (Å²) in [5.41, 5.74) is 0.361. The summed E-state index contributed by atoms with van der Waals surface area (Å²) in [4.78, 5) is 12.3. The fourth-order valence-electron chi connectivity index (χ4n) is 3.19. The van der Waals surface area contributed by atoms with E-state index >= 15 is 0 Å². The molecule has 4 heteroatoms. The van der Waals surface area contributed by atoms with Gasteiger partial charge >= 0.3 is 0 Å². The first-order chi connectivity index (χ1) is 10.8. The summed E-state index contributed by atoms with van der Waals surface area (Å²) < 4.78 is 5.68. The van der Waals surface area contributed by atoms with E-state index in [4.69, 9.17) is 16.3 Å². The van der Waals surface area contributed by atoms with Crippen LogP contribution in [0.3, 0.4) is 0 Å². The number of rotatable bonds is 4. The van der Waals surface area contributed by atoms with Crippen molar-refractivity contribution in [3.05, 3.63) is 29.3 Å². The van der Waals surface area contributed by atoms with Crippen molar-refractivity contribution in [1.29, 1.82) is 0 Å². The summed E-state index contributed by atoms with van der Waals surface area (Å²) in [5, 5.41) is 3.79. The summed E-state index contributed by atoms with van der Waals surface area (Å²) in [6.07, 6.45) is 3.97. The third kappa shape index (κ3) is 5.42. The first-order valence-electron chi connectivity index (χ1n) is 8.48. The molecule has 0 aromatic heterocycles. The van der Waals surface area contributed by atoms with Crippen LogP contribution in [0.2, 0.25) is 5.02 Å². The molecule has 1 amide bonds. The van der Waals surface area contributed by atoms with Crippen LogP contribution >= 0.6 is 11.6 Å². The van der Waals surface area contributed by atoms with E-state index in [-0.39, 0.29) is 11.9 Å². The average Bonchev–Trinajstić information content (AvgIpc) is 2.49. The number of carbonyl (C=O) groups excluding carboxylic acids is 1. The summed E-state index contributed by atoms with van der Waals surface area (Å²) in [7, 11) is 0. The van der Waals surface area contributed by atoms with Crippen LogP contribution in [-0.2, 0) is 4.79 Å². The van der Waals surface area contributed by atoms with Crippen molar-refractivity contribution in [2.24, 2.45) is 11.3 Å². The third-order valence-corrected chi connectivity index (χ3v) is 5.05. The normalized spacial score (nSPS) is 23.2. The molecule has 23 heavy (non-hydrogen) atoms. The molecule has 2 rings (SSSR count). The molecule has 0 aliphatic heterocycles. The van der Waals surface area contributed by atoms with Gasteiger partial charge < -0.3 is 10.1 Å². The topological polar surface area (TPSA) is 38.3 Å². The van der Waals surface area contributed by atoms with E-state index in [1.165, 1.54) is 12.8 Å². The van der Waals surface area contributed by atoms with Crippen LogP contribution in [0, 0.1) is 11.3 Å². The van der Waals surface area contributed by atoms with Gasteiger partial charge in [-0.1, -0.05) is 32.4 Å². The van der Waals surface area contributed by atoms with Gasteiger partial charge in [-0.25, -0.2) is 0 Å². The lowest BCUT2D eigenvalue weighted by Crippen LogP contribution is -2.44. The van der Waals surface area contributed by atoms with Crippen molar-refractivity contribution in [2.75, 3.05) is 0 Å². The van der Waals surface area contributed by atoms with Gasteiger partial charge in [0.2, 0.25) is 0 Å². The summed E-state index contributed by atoms with van der Waals surface area (Å²) >= 11 is 5.85. The van der Waals surface area contributed by atoms with Crippen LogP contribution in [0.15, 0.2) is 24.3 Å². The fraction of sp³-hybridized carbons (Fsp3) is 0.632. The van der Waals surface area contributed by atoms with Gasteiger partial charge in [0.25, 0.3) is 5.91 Å². The standard InChI is InChI=1S/C19H28ClNO2/c1-13(23-17-11-7-15(20)8-12-17)18(22)21-16-9-5-14(6-10-16)19(2,3)4/h7-8,11-14,16H,5-6,9-10H2,1-4H3,(H,21,22). The number of hydrogen-bond acceptors (Lipinski definition) is 2. The van der Waals surface area contributed by atoms with Gasteiger partial charge in [0.15, 0.2) is 6.10 Å². The van der Waals surface area contributed by atoms with Crippen molar-refractivity contribution in [3.8, 4) is 5.75 Å². The van der Waals surface area contributed by atoms with Crippen LogP contribution in [0.5, 0.6) is 5.75 Å². The highest BCUT2D eigenvalue weighted by atomic mass is 35.5. The number of hydrogen-bond donors (Lipinski definition) is 1. The molecular weight excluding hydrogens is 310 g/mol. The monoisotopic (exact) mass is 337 g/mol. The zero-order valence-corrected chi connectivity index (χ0v) is 15.3. The number of amides is 1. The molecule has 0 spiro atoms. The number of carbonyl (C=O) groups is 1. The zero-order chi connectivity index (χ0) is 17.0. The molecule has 1 saturated carbocycles. The highest BCUT2D eigenvalue weighted by molar-refractivity contribution is 6.30. The SMILES string of the molecule is CC(Oc1ccc(Cl)cc1)C(=O)NC1CCC(C(C)(C)C)CC1. The Bertz CT molecular complexity index is 513. The Morgan fingerprint density at radius 1 is 1.17 bits per heavy atom. The molecule has 3 nitrogen and oxygen atoms in total. The number of nitrogens with one attached hydrogen (secondary N) is 1. The maximum atomic E-state index is 12.3. The predicted molar refractivity (Wildman–Crippen MR) is 94.9 cm³/mol. The first kappa shape index (κ1) is 18.1. The van der Waals surface area contributed by atoms with E-state index in [1.54, 1.807) is 31.2 Å². The molecule has 1 aromatic rings. The molecule has 0 bridgehead atoms. The van der Waals surface area contributed by atoms with Crippen molar-refractivity contribution in [2.45, 2.75) is 65.5 Å². The molecule has 1 atom stereocenters. The lowest BCUT2D eigenvalue weighted by molar-refractivity contribution is -0.128. The van der Waals surface area contributed by atoms with Gasteiger partial charge in [-0.05, 0) is 68.2 Å². The fourth-order valence-corrected chi connectivity index (χ4v) is 3.32. The Hall–Kier alpha value is -1.22. The molecule has 128 valence electrons. The molecule has 0 saturated heterocycles. The minimum atomic E-state index is -0.503. The van der Waals surface area contributed by atoms with Crippen LogP contribution in [0.4, 0.5) is 0 Å². The van der Waals surface area contributed by atoms with Crippen LogP contribution < -0.4 is 10.1 Å². The Kier molecular flexibility index (Phi) is 5.96. The average molecular weight is 338 g/mol. The lowest BCUT2D eigenvalue weighted by atomic mass is 9.71. The molecule has 0 radical (unpaired) electrons. The molecule has 1 aliphatic rings. The van der Waals surface area contributed by atoms with E-state index in [0.717, 1.165) is 18.8 Å². The quantitative estimate of drug-likeness (QED) is 0.854. The Balaban J connectivity index is 1.79. The van der Waals surface area contributed by atoms with Crippen molar-refractivity contribution < 1.29 is 9.53 Å². The van der Waals surface area contributed by atoms with Crippen molar-refractivity contribution >= 4 is 17.5 Å². The van der Waals surface area contributed by atoms with Gasteiger partial charge in [0.05, 0.1) is 0 Å². The second-order valence-corrected chi connectivity index (χ2v) is 8.07. The lowest BCUT2D eigenvalue weighted by Gasteiger charge is -2.37. The van der Waals surface area contributed by atoms with Gasteiger partial charge in [0.1, 0.15) is 5.75 Å². The van der Waals surface area contributed by atoms with Gasteiger partial charge in [0, 0.05) is 11.1 Å². The zero-order valence-electron chi connectivity index (χ0n) is 14.6. The minimum absolute atomic E-state index is 0.0424. The number of ether oxygens (including phenoxy) is 1. The summed E-state index contributed by atoms with van der Waals surface area (Å²) in [6, 6.07) is 7.35. The molecule has 1 aliphatic carbocycles. The largest absolute Gasteiger partial charge is 0.481 e. The number of benzene rings is 1. The molecule has 1 unspecified atom stereocenters. The Morgan fingerprint density at radius 2 is 1.74 bits per heavy atom. The third-order valence-electron chi connectivity index (χ3n) is 4.79. The van der Waals surface area contributed by atoms with E-state index in [9.17, 15) is 4.79 Å². The van der Waals surface area contributed by atoms with Crippen LogP contribution in [-0.4, -0.2) is 18.1 Å². The van der Waals surface area contributed by atoms with Gasteiger partial charge in [-0.3, -0.25) is 4.79 Å². The van der Waals surface area contributed by atoms with E-state index in [0.29, 0.717) is 16.2 Å². The van der Waals surface area contributed by atoms with Gasteiger partial charge in [-0.2, -0.15) is 0 Å². The summed E-state index contributed by atoms with van der Waals surface area (Å²) in [6.45, 7) is 8.69. The smallest absolute Gasteiger partial charge is 0.260 e. The highest BCUT2D eigenvalue weighted by Gasteiger charge is 2.30. The molecular formula is C19H28ClNO2. The molecule has 1 aromatic carbocycles. The van der Waals surface area contributed by atoms with Crippen LogP contribution in [0.25, 0.3) is 0 Å². The number of halogens is 1. The predicted octanol–water partition coefficient (Wildman–Crippen LogP) is 4.83. The molecule has 1 fully saturated rings. The Labute approximate surface area is 144 Å².